The topological polar surface area (TPSA) is 64.1 Å². The predicted octanol–water partition coefficient (Wildman–Crippen LogP) is 2.30. The van der Waals surface area contributed by atoms with Crippen LogP contribution in [-0.4, -0.2) is 29.1 Å². The van der Waals surface area contributed by atoms with E-state index in [1.54, 1.807) is 19.3 Å². The van der Waals surface area contributed by atoms with Crippen molar-refractivity contribution in [3.05, 3.63) is 41.2 Å². The van der Waals surface area contributed by atoms with Gasteiger partial charge in [0.25, 0.3) is 0 Å². The van der Waals surface area contributed by atoms with E-state index in [-0.39, 0.29) is 12.4 Å². The lowest BCUT2D eigenvalue weighted by molar-refractivity contribution is -0.142. The standard InChI is InChI=1S/C14H17N3O2S/c1-2-19-13(18)9-12-10-20-14(17-12)16-8-5-11-3-6-15-7-4-11/h3-4,6-7,10H,2,5,8-9H2,1H3,(H,16,17). The molecule has 0 fully saturated rings. The first-order valence-electron chi connectivity index (χ1n) is 6.50. The number of nitrogens with zero attached hydrogens (tertiary/aromatic N) is 2. The molecule has 2 rings (SSSR count). The molecule has 106 valence electrons. The minimum atomic E-state index is -0.235. The Morgan fingerprint density at radius 3 is 2.95 bits per heavy atom. The van der Waals surface area contributed by atoms with E-state index >= 15 is 0 Å². The van der Waals surface area contributed by atoms with Gasteiger partial charge in [-0.2, -0.15) is 0 Å². The number of carbonyl (C=O) groups excluding carboxylic acids is 1. The van der Waals surface area contributed by atoms with Crippen LogP contribution in [0.1, 0.15) is 18.2 Å². The van der Waals surface area contributed by atoms with Crippen LogP contribution in [0.2, 0.25) is 0 Å². The summed E-state index contributed by atoms with van der Waals surface area (Å²) in [6.07, 6.45) is 4.72. The minimum Gasteiger partial charge on any atom is -0.466 e. The number of pyridine rings is 1. The van der Waals surface area contributed by atoms with Gasteiger partial charge in [0.2, 0.25) is 0 Å². The molecule has 5 nitrogen and oxygen atoms in total. The summed E-state index contributed by atoms with van der Waals surface area (Å²) in [6, 6.07) is 3.99. The fourth-order valence-corrected chi connectivity index (χ4v) is 2.43. The molecule has 0 aliphatic rings. The Bertz CT molecular complexity index is 542. The SMILES string of the molecule is CCOC(=O)Cc1csc(NCCc2ccncc2)n1. The fourth-order valence-electron chi connectivity index (χ4n) is 1.69. The van der Waals surface area contributed by atoms with E-state index in [0.29, 0.717) is 6.61 Å². The molecule has 0 unspecified atom stereocenters. The Balaban J connectivity index is 1.77. The van der Waals surface area contributed by atoms with Crippen LogP contribution in [0, 0.1) is 0 Å². The van der Waals surface area contributed by atoms with Crippen LogP contribution in [0.25, 0.3) is 0 Å². The molecule has 2 heterocycles. The minimum absolute atomic E-state index is 0.233. The second kappa shape index (κ2) is 7.59. The summed E-state index contributed by atoms with van der Waals surface area (Å²) in [5.41, 5.74) is 1.98. The number of thiazole rings is 1. The van der Waals surface area contributed by atoms with E-state index in [2.05, 4.69) is 15.3 Å². The Morgan fingerprint density at radius 1 is 1.40 bits per heavy atom. The first kappa shape index (κ1) is 14.5. The van der Waals surface area contributed by atoms with E-state index in [1.165, 1.54) is 16.9 Å². The number of nitrogens with one attached hydrogen (secondary N) is 1. The second-order valence-electron chi connectivity index (χ2n) is 4.16. The van der Waals surface area contributed by atoms with Crippen molar-refractivity contribution in [2.45, 2.75) is 19.8 Å². The van der Waals surface area contributed by atoms with Crippen molar-refractivity contribution >= 4 is 22.4 Å². The fraction of sp³-hybridized carbons (Fsp3) is 0.357. The van der Waals surface area contributed by atoms with Crippen molar-refractivity contribution in [1.29, 1.82) is 0 Å². The lowest BCUT2D eigenvalue weighted by atomic mass is 10.2. The quantitative estimate of drug-likeness (QED) is 0.793. The third-order valence-corrected chi connectivity index (χ3v) is 3.47. The van der Waals surface area contributed by atoms with Crippen molar-refractivity contribution in [1.82, 2.24) is 9.97 Å². The smallest absolute Gasteiger partial charge is 0.311 e. The molecule has 0 bridgehead atoms. The molecule has 0 spiro atoms. The Hall–Kier alpha value is -1.95. The number of aromatic nitrogens is 2. The van der Waals surface area contributed by atoms with Gasteiger partial charge in [-0.3, -0.25) is 9.78 Å². The van der Waals surface area contributed by atoms with Gasteiger partial charge in [-0.1, -0.05) is 0 Å². The number of esters is 1. The van der Waals surface area contributed by atoms with Crippen LogP contribution in [0.4, 0.5) is 5.13 Å². The molecule has 0 aliphatic carbocycles. The Morgan fingerprint density at radius 2 is 2.20 bits per heavy atom. The zero-order valence-corrected chi connectivity index (χ0v) is 12.2. The first-order chi connectivity index (χ1) is 9.78. The average Bonchev–Trinajstić information content (AvgIpc) is 2.88. The Labute approximate surface area is 122 Å². The summed E-state index contributed by atoms with van der Waals surface area (Å²) in [5.74, 6) is -0.235. The molecular formula is C14H17N3O2S. The molecule has 0 saturated carbocycles. The molecule has 0 radical (unpaired) electrons. The predicted molar refractivity (Wildman–Crippen MR) is 78.9 cm³/mol. The molecule has 0 atom stereocenters. The lowest BCUT2D eigenvalue weighted by Crippen LogP contribution is -2.08. The highest BCUT2D eigenvalue weighted by Crippen LogP contribution is 2.16. The van der Waals surface area contributed by atoms with Gasteiger partial charge >= 0.3 is 5.97 Å². The maximum absolute atomic E-state index is 11.3. The van der Waals surface area contributed by atoms with Crippen molar-refractivity contribution < 1.29 is 9.53 Å². The summed E-state index contributed by atoms with van der Waals surface area (Å²) < 4.78 is 4.89. The van der Waals surface area contributed by atoms with Gasteiger partial charge in [0, 0.05) is 24.3 Å². The molecule has 0 saturated heterocycles. The number of hydrogen-bond donors (Lipinski definition) is 1. The highest BCUT2D eigenvalue weighted by Gasteiger charge is 2.08. The number of carbonyl (C=O) groups is 1. The van der Waals surface area contributed by atoms with E-state index in [0.717, 1.165) is 23.8 Å². The van der Waals surface area contributed by atoms with Gasteiger partial charge < -0.3 is 10.1 Å². The molecule has 1 N–H and O–H groups in total. The molecule has 0 aromatic carbocycles. The van der Waals surface area contributed by atoms with E-state index in [1.807, 2.05) is 17.5 Å². The van der Waals surface area contributed by atoms with E-state index < -0.39 is 0 Å². The van der Waals surface area contributed by atoms with Gasteiger partial charge in [-0.15, -0.1) is 11.3 Å². The zero-order chi connectivity index (χ0) is 14.2. The molecule has 6 heteroatoms. The highest BCUT2D eigenvalue weighted by atomic mass is 32.1. The molecule has 20 heavy (non-hydrogen) atoms. The normalized spacial score (nSPS) is 10.2. The number of hydrogen-bond acceptors (Lipinski definition) is 6. The third kappa shape index (κ3) is 4.62. The maximum atomic E-state index is 11.3. The van der Waals surface area contributed by atoms with Crippen molar-refractivity contribution in [3.8, 4) is 0 Å². The van der Waals surface area contributed by atoms with Gasteiger partial charge in [-0.05, 0) is 31.0 Å². The molecule has 2 aromatic heterocycles. The van der Waals surface area contributed by atoms with Crippen LogP contribution >= 0.6 is 11.3 Å². The Kier molecular flexibility index (Phi) is 5.49. The van der Waals surface area contributed by atoms with Crippen molar-refractivity contribution in [2.24, 2.45) is 0 Å². The van der Waals surface area contributed by atoms with Gasteiger partial charge in [0.05, 0.1) is 18.7 Å². The molecule has 0 amide bonds. The van der Waals surface area contributed by atoms with Crippen LogP contribution in [0.15, 0.2) is 29.9 Å². The van der Waals surface area contributed by atoms with Crippen molar-refractivity contribution in [3.63, 3.8) is 0 Å². The number of rotatable bonds is 7. The maximum Gasteiger partial charge on any atom is 0.311 e. The van der Waals surface area contributed by atoms with Crippen LogP contribution < -0.4 is 5.32 Å². The second-order valence-corrected chi connectivity index (χ2v) is 5.02. The molecular weight excluding hydrogens is 274 g/mol. The van der Waals surface area contributed by atoms with Gasteiger partial charge in [-0.25, -0.2) is 4.98 Å². The lowest BCUT2D eigenvalue weighted by Gasteiger charge is -2.02. The monoisotopic (exact) mass is 291 g/mol. The van der Waals surface area contributed by atoms with Gasteiger partial charge in [0.1, 0.15) is 0 Å². The molecule has 2 aromatic rings. The van der Waals surface area contributed by atoms with E-state index in [9.17, 15) is 4.79 Å². The summed E-state index contributed by atoms with van der Waals surface area (Å²) >= 11 is 1.50. The summed E-state index contributed by atoms with van der Waals surface area (Å²) in [5, 5.41) is 5.97. The third-order valence-electron chi connectivity index (χ3n) is 2.62. The number of ether oxygens (including phenoxy) is 1. The highest BCUT2D eigenvalue weighted by molar-refractivity contribution is 7.13. The number of anilines is 1. The largest absolute Gasteiger partial charge is 0.466 e. The van der Waals surface area contributed by atoms with E-state index in [4.69, 9.17) is 4.74 Å². The summed E-state index contributed by atoms with van der Waals surface area (Å²) in [4.78, 5) is 19.7. The first-order valence-corrected chi connectivity index (χ1v) is 7.38. The van der Waals surface area contributed by atoms with Gasteiger partial charge in [0.15, 0.2) is 5.13 Å². The average molecular weight is 291 g/mol. The molecule has 0 aliphatic heterocycles. The van der Waals surface area contributed by atoms with Crippen LogP contribution in [-0.2, 0) is 22.4 Å². The van der Waals surface area contributed by atoms with Crippen molar-refractivity contribution in [2.75, 3.05) is 18.5 Å². The summed E-state index contributed by atoms with van der Waals surface area (Å²) in [6.45, 7) is 3.00. The summed E-state index contributed by atoms with van der Waals surface area (Å²) in [7, 11) is 0. The zero-order valence-electron chi connectivity index (χ0n) is 11.3. The van der Waals surface area contributed by atoms with Crippen LogP contribution in [0.3, 0.4) is 0 Å². The van der Waals surface area contributed by atoms with Crippen LogP contribution in [0.5, 0.6) is 0 Å².